The third-order valence-electron chi connectivity index (χ3n) is 12.5. The van der Waals surface area contributed by atoms with Crippen LogP contribution in [-0.2, 0) is 28.4 Å². The Labute approximate surface area is 352 Å². The Bertz CT molecular complexity index is 2510. The minimum Gasteiger partial charge on any atom is -0.494 e. The van der Waals surface area contributed by atoms with Crippen LogP contribution in [0.2, 0.25) is 5.02 Å². The van der Waals surface area contributed by atoms with Crippen LogP contribution in [0.4, 0.5) is 24.5 Å². The monoisotopic (exact) mass is 866 g/mol. The number of aldehydes is 1. The summed E-state index contributed by atoms with van der Waals surface area (Å²) in [6.45, 7) is 2.60. The minimum absolute atomic E-state index is 0.0496. The highest BCUT2D eigenvalue weighted by Crippen LogP contribution is 2.42. The molecule has 1 atom stereocenters. The van der Waals surface area contributed by atoms with Gasteiger partial charge in [0.1, 0.15) is 29.0 Å². The topological polar surface area (TPSA) is 144 Å². The van der Waals surface area contributed by atoms with Crippen molar-refractivity contribution < 1.29 is 32.3 Å². The lowest BCUT2D eigenvalue weighted by atomic mass is 9.82. The first kappa shape index (κ1) is 41.7. The molecule has 2 aliphatic heterocycles. The summed E-state index contributed by atoms with van der Waals surface area (Å²) in [4.78, 5) is 64.4. The van der Waals surface area contributed by atoms with Crippen LogP contribution in [0.5, 0.6) is 5.75 Å². The zero-order valence-corrected chi connectivity index (χ0v) is 35.1. The number of imidazole rings is 1. The van der Waals surface area contributed by atoms with Crippen molar-refractivity contribution in [2.75, 3.05) is 50.6 Å². The van der Waals surface area contributed by atoms with Gasteiger partial charge in [-0.2, -0.15) is 13.2 Å². The Morgan fingerprint density at radius 2 is 1.85 bits per heavy atom. The molecule has 1 aliphatic carbocycles. The molecule has 60 heavy (non-hydrogen) atoms. The Balaban J connectivity index is 0.882. The van der Waals surface area contributed by atoms with Crippen LogP contribution in [0.15, 0.2) is 47.3 Å². The van der Waals surface area contributed by atoms with Crippen LogP contribution in [0.25, 0.3) is 21.3 Å². The summed E-state index contributed by atoms with van der Waals surface area (Å²) in [7, 11) is 5.38. The molecule has 2 saturated heterocycles. The van der Waals surface area contributed by atoms with E-state index in [0.29, 0.717) is 39.9 Å². The summed E-state index contributed by atoms with van der Waals surface area (Å²) in [6, 6.07) is 10.7. The molecule has 1 saturated carbocycles. The molecule has 3 fully saturated rings. The van der Waals surface area contributed by atoms with Crippen LogP contribution in [-0.4, -0.2) is 88.5 Å². The van der Waals surface area contributed by atoms with E-state index in [1.807, 2.05) is 6.07 Å². The molecule has 2 N–H and O–H groups in total. The van der Waals surface area contributed by atoms with Crippen LogP contribution in [0.3, 0.4) is 0 Å². The number of amides is 2. The summed E-state index contributed by atoms with van der Waals surface area (Å²) in [5.74, 6) is 0.270. The van der Waals surface area contributed by atoms with E-state index in [4.69, 9.17) is 21.3 Å². The number of aryl methyl sites for hydroxylation is 1. The number of carbonyl (C=O) groups excluding carboxylic acids is 3. The fraction of sp³-hybridized carbons (Fsp3) is 0.476. The number of methoxy groups -OCH3 is 1. The van der Waals surface area contributed by atoms with Gasteiger partial charge >= 0.3 is 11.9 Å². The van der Waals surface area contributed by atoms with Crippen molar-refractivity contribution in [3.05, 3.63) is 74.4 Å². The largest absolute Gasteiger partial charge is 0.494 e. The number of benzene rings is 2. The lowest BCUT2D eigenvalue weighted by molar-refractivity contribution is -0.141. The van der Waals surface area contributed by atoms with E-state index in [0.717, 1.165) is 103 Å². The second-order valence-electron chi connectivity index (χ2n) is 16.3. The van der Waals surface area contributed by atoms with Gasteiger partial charge in [0.25, 0.3) is 5.91 Å². The molecule has 13 nitrogen and oxygen atoms in total. The summed E-state index contributed by atoms with van der Waals surface area (Å²) >= 11 is 8.24. The molecule has 2 amide bonds. The first-order valence-corrected chi connectivity index (χ1v) is 21.3. The highest BCUT2D eigenvalue weighted by Gasteiger charge is 2.40. The number of nitrogens with zero attached hydrogens (tertiary/aromatic N) is 6. The van der Waals surface area contributed by atoms with Crippen molar-refractivity contribution in [3.8, 4) is 5.75 Å². The Kier molecular flexibility index (Phi) is 11.4. The van der Waals surface area contributed by atoms with Gasteiger partial charge in [0.15, 0.2) is 0 Å². The standard InChI is InChI=1S/C42H46ClF3N8O5S/c1-51(27-12-15-53(16-13-27)31-17-26(43)18-32-37(31)52(2)40(58)54(32)41(23-55)14-11-36(56)47-22-41)21-24-7-9-25(10-8-24)39-50-30-19-33(59-3)29(20-34(30)60-39)49-38(57)28-5-4-6-35(48-28)42(44,45)46/h4-6,17-20,23-25,27H,7-16,21-22H2,1-3H3,(H,47,56)(H,49,57). The van der Waals surface area contributed by atoms with E-state index in [9.17, 15) is 32.3 Å². The average Bonchev–Trinajstić information content (AvgIpc) is 3.77. The van der Waals surface area contributed by atoms with Gasteiger partial charge in [-0.05, 0) is 88.2 Å². The first-order valence-electron chi connectivity index (χ1n) is 20.1. The van der Waals surface area contributed by atoms with E-state index in [2.05, 4.69) is 32.5 Å². The summed E-state index contributed by atoms with van der Waals surface area (Å²) < 4.78 is 49.1. The molecule has 0 spiro atoms. The summed E-state index contributed by atoms with van der Waals surface area (Å²) in [6.07, 6.45) is 2.50. The Hall–Kier alpha value is -5.00. The zero-order chi connectivity index (χ0) is 42.5. The number of nitrogens with one attached hydrogen (secondary N) is 2. The van der Waals surface area contributed by atoms with Gasteiger partial charge in [0.05, 0.1) is 44.7 Å². The van der Waals surface area contributed by atoms with Gasteiger partial charge in [-0.15, -0.1) is 11.3 Å². The van der Waals surface area contributed by atoms with Crippen molar-refractivity contribution in [3.63, 3.8) is 0 Å². The number of aromatic nitrogens is 4. The molecule has 318 valence electrons. The first-order chi connectivity index (χ1) is 28.7. The summed E-state index contributed by atoms with van der Waals surface area (Å²) in [5.41, 5.74) is 0.217. The average molecular weight is 867 g/mol. The van der Waals surface area contributed by atoms with Crippen molar-refractivity contribution in [1.29, 1.82) is 0 Å². The molecule has 5 aromatic rings. The van der Waals surface area contributed by atoms with Gasteiger partial charge < -0.3 is 30.0 Å². The van der Waals surface area contributed by atoms with Crippen molar-refractivity contribution in [2.45, 2.75) is 75.0 Å². The number of alkyl halides is 3. The van der Waals surface area contributed by atoms with Crippen molar-refractivity contribution >= 4 is 73.7 Å². The maximum absolute atomic E-state index is 13.7. The Morgan fingerprint density at radius 3 is 2.52 bits per heavy atom. The normalized spacial score (nSPS) is 21.7. The lowest BCUT2D eigenvalue weighted by Crippen LogP contribution is -2.54. The third kappa shape index (κ3) is 7.98. The molecule has 3 aromatic heterocycles. The maximum Gasteiger partial charge on any atom is 0.433 e. The number of halogens is 4. The van der Waals surface area contributed by atoms with Crippen LogP contribution in [0, 0.1) is 5.92 Å². The minimum atomic E-state index is -4.67. The number of pyridine rings is 1. The van der Waals surface area contributed by atoms with Crippen LogP contribution < -0.4 is 26.0 Å². The number of ether oxygens (including phenoxy) is 1. The van der Waals surface area contributed by atoms with Gasteiger partial charge in [-0.3, -0.25) is 18.7 Å². The number of carbonyl (C=O) groups is 3. The molecule has 3 aliphatic rings. The molecular formula is C42H46ClF3N8O5S. The van der Waals surface area contributed by atoms with Crippen LogP contribution in [0.1, 0.15) is 78.5 Å². The predicted octanol–water partition coefficient (Wildman–Crippen LogP) is 6.96. The predicted molar refractivity (Wildman–Crippen MR) is 224 cm³/mol. The number of rotatable bonds is 10. The zero-order valence-electron chi connectivity index (χ0n) is 33.5. The van der Waals surface area contributed by atoms with Gasteiger partial charge in [0.2, 0.25) is 5.91 Å². The second-order valence-corrected chi connectivity index (χ2v) is 17.8. The molecule has 2 aromatic carbocycles. The maximum atomic E-state index is 13.7. The number of anilines is 2. The molecule has 1 unspecified atom stereocenters. The fourth-order valence-electron chi connectivity index (χ4n) is 9.22. The van der Waals surface area contributed by atoms with Crippen molar-refractivity contribution in [2.24, 2.45) is 13.0 Å². The number of fused-ring (bicyclic) bond motifs is 2. The van der Waals surface area contributed by atoms with Crippen molar-refractivity contribution in [1.82, 2.24) is 29.3 Å². The lowest BCUT2D eigenvalue weighted by Gasteiger charge is -2.40. The molecule has 8 rings (SSSR count). The molecule has 5 heterocycles. The molecule has 18 heteroatoms. The smallest absolute Gasteiger partial charge is 0.433 e. The van der Waals surface area contributed by atoms with E-state index < -0.39 is 23.3 Å². The quantitative estimate of drug-likeness (QED) is 0.143. The van der Waals surface area contributed by atoms with Crippen LogP contribution >= 0.6 is 22.9 Å². The van der Waals surface area contributed by atoms with Gasteiger partial charge in [-0.1, -0.05) is 17.7 Å². The van der Waals surface area contributed by atoms with Gasteiger partial charge in [0, 0.05) is 62.7 Å². The number of piperidine rings is 2. The van der Waals surface area contributed by atoms with Gasteiger partial charge in [-0.25, -0.2) is 14.8 Å². The molecular weight excluding hydrogens is 821 g/mol. The number of thiazole rings is 1. The molecule has 0 bridgehead atoms. The second kappa shape index (κ2) is 16.5. The van der Waals surface area contributed by atoms with E-state index in [1.165, 1.54) is 17.7 Å². The SMILES string of the molecule is COc1cc2nc(C3CCC(CN(C)C4CCN(c5cc(Cl)cc6c5n(C)c(=O)n6C5(C=O)CCC(=O)NC5)CC4)CC3)sc2cc1NC(=O)c1cccc(C(F)(F)F)n1. The third-order valence-corrected chi connectivity index (χ3v) is 13.9. The number of hydrogen-bond acceptors (Lipinski definition) is 10. The Morgan fingerprint density at radius 1 is 1.10 bits per heavy atom. The van der Waals surface area contributed by atoms with E-state index in [1.54, 1.807) is 41.2 Å². The van der Waals surface area contributed by atoms with E-state index in [-0.39, 0.29) is 36.7 Å². The van der Waals surface area contributed by atoms with E-state index >= 15 is 0 Å². The molecule has 0 radical (unpaired) electrons. The highest BCUT2D eigenvalue weighted by atomic mass is 35.5. The number of hydrogen-bond donors (Lipinski definition) is 2. The fourth-order valence-corrected chi connectivity index (χ4v) is 10.6. The summed E-state index contributed by atoms with van der Waals surface area (Å²) in [5, 5.41) is 6.92. The highest BCUT2D eigenvalue weighted by molar-refractivity contribution is 7.18.